The van der Waals surface area contributed by atoms with E-state index in [4.69, 9.17) is 15.2 Å². The molecule has 1 aliphatic rings. The summed E-state index contributed by atoms with van der Waals surface area (Å²) in [6.07, 6.45) is 0. The quantitative estimate of drug-likeness (QED) is 0.869. The Bertz CT molecular complexity index is 446. The van der Waals surface area contributed by atoms with E-state index in [1.54, 1.807) is 0 Å². The average Bonchev–Trinajstić information content (AvgIpc) is 2.85. The number of benzene rings is 1. The molecule has 0 bridgehead atoms. The van der Waals surface area contributed by atoms with Crippen molar-refractivity contribution in [3.05, 3.63) is 23.8 Å². The number of ether oxygens (including phenoxy) is 2. The van der Waals surface area contributed by atoms with Crippen molar-refractivity contribution in [3.63, 3.8) is 0 Å². The highest BCUT2D eigenvalue weighted by molar-refractivity contribution is 5.45. The van der Waals surface area contributed by atoms with Crippen molar-refractivity contribution in [2.45, 2.75) is 39.8 Å². The van der Waals surface area contributed by atoms with Gasteiger partial charge in [0.1, 0.15) is 0 Å². The molecule has 0 aromatic heterocycles. The van der Waals surface area contributed by atoms with Crippen LogP contribution in [0.4, 0.5) is 0 Å². The molecule has 0 radical (unpaired) electrons. The summed E-state index contributed by atoms with van der Waals surface area (Å²) in [5.74, 6) is 2.26. The molecule has 0 saturated heterocycles. The summed E-state index contributed by atoms with van der Waals surface area (Å²) in [6.45, 7) is 10.9. The monoisotopic (exact) mass is 278 g/mol. The van der Waals surface area contributed by atoms with Crippen molar-refractivity contribution in [1.82, 2.24) is 4.90 Å². The Morgan fingerprint density at radius 1 is 1.15 bits per heavy atom. The van der Waals surface area contributed by atoms with Gasteiger partial charge < -0.3 is 15.2 Å². The summed E-state index contributed by atoms with van der Waals surface area (Å²) in [7, 11) is 0. The van der Waals surface area contributed by atoms with Gasteiger partial charge in [0.05, 0.1) is 0 Å². The highest BCUT2D eigenvalue weighted by atomic mass is 16.7. The topological polar surface area (TPSA) is 47.7 Å². The van der Waals surface area contributed by atoms with Crippen LogP contribution in [0.5, 0.6) is 11.5 Å². The zero-order valence-electron chi connectivity index (χ0n) is 12.9. The Kier molecular flexibility index (Phi) is 4.89. The van der Waals surface area contributed by atoms with Crippen LogP contribution >= 0.6 is 0 Å². The van der Waals surface area contributed by atoms with Crippen LogP contribution in [0.3, 0.4) is 0 Å². The van der Waals surface area contributed by atoms with Crippen LogP contribution in [0.2, 0.25) is 0 Å². The van der Waals surface area contributed by atoms with E-state index in [1.807, 2.05) is 6.07 Å². The molecule has 1 atom stereocenters. The predicted octanol–water partition coefficient (Wildman–Crippen LogP) is 2.78. The van der Waals surface area contributed by atoms with E-state index >= 15 is 0 Å². The lowest BCUT2D eigenvalue weighted by atomic mass is 10.0. The lowest BCUT2D eigenvalue weighted by molar-refractivity contribution is 0.138. The maximum absolute atomic E-state index is 6.05. The van der Waals surface area contributed by atoms with E-state index < -0.39 is 0 Å². The van der Waals surface area contributed by atoms with Crippen LogP contribution in [0.1, 0.15) is 39.3 Å². The number of nitrogens with two attached hydrogens (primary N) is 1. The van der Waals surface area contributed by atoms with Crippen LogP contribution in [0, 0.1) is 5.92 Å². The second-order valence-electron chi connectivity index (χ2n) is 6.05. The Morgan fingerprint density at radius 2 is 1.85 bits per heavy atom. The first-order valence-corrected chi connectivity index (χ1v) is 7.38. The van der Waals surface area contributed by atoms with E-state index in [-0.39, 0.29) is 6.04 Å². The third-order valence-corrected chi connectivity index (χ3v) is 3.64. The smallest absolute Gasteiger partial charge is 0.231 e. The number of rotatable bonds is 6. The van der Waals surface area contributed by atoms with Crippen molar-refractivity contribution >= 4 is 0 Å². The second kappa shape index (κ2) is 6.46. The molecule has 112 valence electrons. The van der Waals surface area contributed by atoms with Gasteiger partial charge in [-0.3, -0.25) is 4.90 Å². The number of hydrogen-bond donors (Lipinski definition) is 1. The molecule has 1 unspecified atom stereocenters. The van der Waals surface area contributed by atoms with Gasteiger partial charge in [-0.1, -0.05) is 19.9 Å². The Hall–Kier alpha value is -1.26. The first-order valence-electron chi connectivity index (χ1n) is 7.38. The maximum atomic E-state index is 6.05. The molecule has 0 saturated carbocycles. The molecule has 0 spiro atoms. The fraction of sp³-hybridized carbons (Fsp3) is 0.625. The molecule has 1 aliphatic heterocycles. The van der Waals surface area contributed by atoms with Gasteiger partial charge in [0, 0.05) is 25.2 Å². The fourth-order valence-corrected chi connectivity index (χ4v) is 2.70. The van der Waals surface area contributed by atoms with Gasteiger partial charge in [0.25, 0.3) is 0 Å². The van der Waals surface area contributed by atoms with Crippen molar-refractivity contribution in [2.75, 3.05) is 19.9 Å². The third-order valence-electron chi connectivity index (χ3n) is 3.64. The number of nitrogens with zero attached hydrogens (tertiary/aromatic N) is 1. The fourth-order valence-electron chi connectivity index (χ4n) is 2.70. The largest absolute Gasteiger partial charge is 0.454 e. The molecule has 20 heavy (non-hydrogen) atoms. The van der Waals surface area contributed by atoms with E-state index in [1.165, 1.54) is 5.56 Å². The lowest BCUT2D eigenvalue weighted by Gasteiger charge is -2.36. The molecular formula is C16H26N2O2. The number of hydrogen-bond acceptors (Lipinski definition) is 4. The Labute approximate surface area is 121 Å². The lowest BCUT2D eigenvalue weighted by Crippen LogP contribution is -2.40. The molecule has 2 rings (SSSR count). The first kappa shape index (κ1) is 15.1. The summed E-state index contributed by atoms with van der Waals surface area (Å²) < 4.78 is 10.8. The minimum Gasteiger partial charge on any atom is -0.454 e. The number of fused-ring (bicyclic) bond motifs is 1. The summed E-state index contributed by atoms with van der Waals surface area (Å²) >= 11 is 0. The SMILES string of the molecule is CC(C)CN(C(C)C)C(CN)c1ccc2c(c1)OCO2. The summed E-state index contributed by atoms with van der Waals surface area (Å²) in [5, 5.41) is 0. The van der Waals surface area contributed by atoms with Crippen molar-refractivity contribution in [3.8, 4) is 11.5 Å². The van der Waals surface area contributed by atoms with Crippen LogP contribution in [-0.4, -0.2) is 30.8 Å². The third kappa shape index (κ3) is 3.25. The Balaban J connectivity index is 2.25. The van der Waals surface area contributed by atoms with Gasteiger partial charge in [-0.15, -0.1) is 0 Å². The van der Waals surface area contributed by atoms with Crippen LogP contribution in [-0.2, 0) is 0 Å². The van der Waals surface area contributed by atoms with Crippen LogP contribution in [0.25, 0.3) is 0 Å². The molecule has 1 aromatic carbocycles. The van der Waals surface area contributed by atoms with E-state index in [0.717, 1.165) is 18.0 Å². The molecule has 1 heterocycles. The normalized spacial score (nSPS) is 15.4. The van der Waals surface area contributed by atoms with Crippen molar-refractivity contribution < 1.29 is 9.47 Å². The zero-order chi connectivity index (χ0) is 14.7. The van der Waals surface area contributed by atoms with Gasteiger partial charge in [0.2, 0.25) is 6.79 Å². The van der Waals surface area contributed by atoms with E-state index in [2.05, 4.69) is 44.7 Å². The van der Waals surface area contributed by atoms with E-state index in [9.17, 15) is 0 Å². The van der Waals surface area contributed by atoms with Gasteiger partial charge >= 0.3 is 0 Å². The van der Waals surface area contributed by atoms with Gasteiger partial charge in [-0.05, 0) is 37.5 Å². The maximum Gasteiger partial charge on any atom is 0.231 e. The molecule has 2 N–H and O–H groups in total. The molecule has 0 amide bonds. The zero-order valence-corrected chi connectivity index (χ0v) is 12.9. The molecule has 4 nitrogen and oxygen atoms in total. The molecule has 0 aliphatic carbocycles. The van der Waals surface area contributed by atoms with Gasteiger partial charge in [0.15, 0.2) is 11.5 Å². The highest BCUT2D eigenvalue weighted by Crippen LogP contribution is 2.35. The van der Waals surface area contributed by atoms with Crippen LogP contribution in [0.15, 0.2) is 18.2 Å². The average molecular weight is 278 g/mol. The molecule has 0 fully saturated rings. The van der Waals surface area contributed by atoms with Gasteiger partial charge in [-0.2, -0.15) is 0 Å². The standard InChI is InChI=1S/C16H26N2O2/c1-11(2)9-18(12(3)4)14(8-17)13-5-6-15-16(7-13)20-10-19-15/h5-7,11-12,14H,8-10,17H2,1-4H3. The van der Waals surface area contributed by atoms with E-state index in [0.29, 0.717) is 25.3 Å². The minimum atomic E-state index is 0.215. The van der Waals surface area contributed by atoms with Crippen LogP contribution < -0.4 is 15.2 Å². The summed E-state index contributed by atoms with van der Waals surface area (Å²) in [4.78, 5) is 2.46. The summed E-state index contributed by atoms with van der Waals surface area (Å²) in [5.41, 5.74) is 7.25. The predicted molar refractivity (Wildman–Crippen MR) is 81.0 cm³/mol. The minimum absolute atomic E-state index is 0.215. The van der Waals surface area contributed by atoms with Crippen molar-refractivity contribution in [1.29, 1.82) is 0 Å². The highest BCUT2D eigenvalue weighted by Gasteiger charge is 2.24. The first-order chi connectivity index (χ1) is 9.52. The molecule has 4 heteroatoms. The summed E-state index contributed by atoms with van der Waals surface area (Å²) in [6, 6.07) is 6.81. The van der Waals surface area contributed by atoms with Crippen molar-refractivity contribution in [2.24, 2.45) is 11.7 Å². The molecule has 1 aromatic rings. The van der Waals surface area contributed by atoms with Gasteiger partial charge in [-0.25, -0.2) is 0 Å². The Morgan fingerprint density at radius 3 is 2.45 bits per heavy atom. The second-order valence-corrected chi connectivity index (χ2v) is 6.05. The molecular weight excluding hydrogens is 252 g/mol.